The molecule has 0 saturated carbocycles. The summed E-state index contributed by atoms with van der Waals surface area (Å²) in [7, 11) is 1.64. The summed E-state index contributed by atoms with van der Waals surface area (Å²) in [5, 5.41) is 9.08. The first kappa shape index (κ1) is 27.0. The lowest BCUT2D eigenvalue weighted by Gasteiger charge is -2.16. The summed E-state index contributed by atoms with van der Waals surface area (Å²) in [6, 6.07) is 10.3. The predicted molar refractivity (Wildman–Crippen MR) is 125 cm³/mol. The van der Waals surface area contributed by atoms with Gasteiger partial charge in [0.05, 0.1) is 18.7 Å². The van der Waals surface area contributed by atoms with Crippen molar-refractivity contribution in [3.8, 4) is 0 Å². The molecule has 0 atom stereocenters. The molecule has 0 spiro atoms. The average Bonchev–Trinajstić information content (AvgIpc) is 2.71. The minimum Gasteiger partial charge on any atom is -0.383 e. The van der Waals surface area contributed by atoms with E-state index in [0.29, 0.717) is 38.3 Å². The zero-order chi connectivity index (χ0) is 22.0. The van der Waals surface area contributed by atoms with Crippen LogP contribution in [0.1, 0.15) is 23.6 Å². The summed E-state index contributed by atoms with van der Waals surface area (Å²) >= 11 is 0. The molecule has 0 saturated heterocycles. The van der Waals surface area contributed by atoms with Crippen molar-refractivity contribution < 1.29 is 22.3 Å². The third kappa shape index (κ3) is 9.30. The summed E-state index contributed by atoms with van der Waals surface area (Å²) in [6.45, 7) is 3.92. The lowest BCUT2D eigenvalue weighted by Crippen LogP contribution is -2.37. The fourth-order valence-corrected chi connectivity index (χ4v) is 2.68. The third-order valence-electron chi connectivity index (χ3n) is 4.18. The molecule has 0 aliphatic heterocycles. The largest absolute Gasteiger partial charge is 0.416 e. The van der Waals surface area contributed by atoms with Gasteiger partial charge in [-0.25, -0.2) is 9.38 Å². The Morgan fingerprint density at radius 3 is 2.39 bits per heavy atom. The van der Waals surface area contributed by atoms with Gasteiger partial charge in [0.2, 0.25) is 0 Å². The first-order valence-corrected chi connectivity index (χ1v) is 9.53. The van der Waals surface area contributed by atoms with Crippen LogP contribution >= 0.6 is 24.0 Å². The Morgan fingerprint density at radius 2 is 1.77 bits per heavy atom. The van der Waals surface area contributed by atoms with Crippen molar-refractivity contribution in [3.63, 3.8) is 0 Å². The summed E-state index contributed by atoms with van der Waals surface area (Å²) in [5.41, 5.74) is 0.853. The molecule has 0 aromatic heterocycles. The normalized spacial score (nSPS) is 11.6. The van der Waals surface area contributed by atoms with Gasteiger partial charge in [0.15, 0.2) is 5.96 Å². The molecule has 0 aliphatic rings. The number of rotatable bonds is 9. The average molecular weight is 554 g/mol. The molecule has 0 fully saturated rings. The minimum atomic E-state index is -4.63. The molecule has 172 valence electrons. The summed E-state index contributed by atoms with van der Waals surface area (Å²) in [4.78, 5) is 4.41. The van der Waals surface area contributed by atoms with Crippen molar-refractivity contribution in [2.24, 2.45) is 4.99 Å². The fraction of sp³-hybridized carbons (Fsp3) is 0.381. The van der Waals surface area contributed by atoms with Gasteiger partial charge < -0.3 is 20.7 Å². The Balaban J connectivity index is 0.00000480. The van der Waals surface area contributed by atoms with Gasteiger partial charge in [0.1, 0.15) is 5.82 Å². The van der Waals surface area contributed by atoms with Crippen molar-refractivity contribution in [1.82, 2.24) is 10.6 Å². The first-order chi connectivity index (χ1) is 14.3. The van der Waals surface area contributed by atoms with Crippen LogP contribution in [-0.4, -0.2) is 32.8 Å². The number of hydrogen-bond donors (Lipinski definition) is 3. The lowest BCUT2D eigenvalue weighted by molar-refractivity contribution is -0.138. The maximum atomic E-state index is 13.3. The molecular formula is C21H27F4IN4O. The number of guanidine groups is 1. The van der Waals surface area contributed by atoms with Crippen LogP contribution in [0.5, 0.6) is 0 Å². The summed E-state index contributed by atoms with van der Waals surface area (Å²) < 4.78 is 57.7. The maximum Gasteiger partial charge on any atom is 0.416 e. The van der Waals surface area contributed by atoms with Gasteiger partial charge in [-0.05, 0) is 42.3 Å². The molecule has 10 heteroatoms. The second-order valence-corrected chi connectivity index (χ2v) is 6.46. The van der Waals surface area contributed by atoms with Crippen molar-refractivity contribution in [3.05, 3.63) is 65.0 Å². The van der Waals surface area contributed by atoms with Crippen LogP contribution in [0, 0.1) is 5.82 Å². The van der Waals surface area contributed by atoms with Crippen molar-refractivity contribution in [2.45, 2.75) is 26.2 Å². The van der Waals surface area contributed by atoms with Gasteiger partial charge in [-0.2, -0.15) is 13.2 Å². The van der Waals surface area contributed by atoms with E-state index in [1.54, 1.807) is 7.11 Å². The van der Waals surface area contributed by atoms with Gasteiger partial charge in [-0.3, -0.25) is 0 Å². The number of alkyl halides is 3. The highest BCUT2D eigenvalue weighted by Crippen LogP contribution is 2.32. The molecular weight excluding hydrogens is 527 g/mol. The Hall–Kier alpha value is -2.08. The highest BCUT2D eigenvalue weighted by atomic mass is 127. The van der Waals surface area contributed by atoms with E-state index in [1.165, 1.54) is 0 Å². The van der Waals surface area contributed by atoms with Crippen LogP contribution in [-0.2, 0) is 24.0 Å². The van der Waals surface area contributed by atoms with Crippen molar-refractivity contribution in [1.29, 1.82) is 0 Å². The van der Waals surface area contributed by atoms with Crippen molar-refractivity contribution >= 4 is 35.6 Å². The Labute approximate surface area is 196 Å². The van der Waals surface area contributed by atoms with Crippen LogP contribution in [0.4, 0.5) is 23.2 Å². The topological polar surface area (TPSA) is 57.7 Å². The van der Waals surface area contributed by atoms with E-state index in [2.05, 4.69) is 20.9 Å². The predicted octanol–water partition coefficient (Wildman–Crippen LogP) is 4.78. The van der Waals surface area contributed by atoms with Gasteiger partial charge in [0, 0.05) is 32.4 Å². The first-order valence-electron chi connectivity index (χ1n) is 9.53. The third-order valence-corrected chi connectivity index (χ3v) is 4.18. The Bertz CT molecular complexity index is 829. The van der Waals surface area contributed by atoms with Crippen LogP contribution < -0.4 is 16.0 Å². The fourth-order valence-electron chi connectivity index (χ4n) is 2.68. The number of benzene rings is 2. The summed E-state index contributed by atoms with van der Waals surface area (Å²) in [5.74, 6) is -0.552. The minimum absolute atomic E-state index is 0. The second kappa shape index (κ2) is 13.4. The number of nitrogens with one attached hydrogen (secondary N) is 3. The molecule has 0 radical (unpaired) electrons. The van der Waals surface area contributed by atoms with E-state index in [0.717, 1.165) is 23.4 Å². The highest BCUT2D eigenvalue weighted by molar-refractivity contribution is 14.0. The zero-order valence-corrected chi connectivity index (χ0v) is 19.7. The molecule has 0 heterocycles. The van der Waals surface area contributed by atoms with Crippen LogP contribution in [0.3, 0.4) is 0 Å². The molecule has 5 nitrogen and oxygen atoms in total. The Morgan fingerprint density at radius 1 is 1.06 bits per heavy atom. The molecule has 3 N–H and O–H groups in total. The van der Waals surface area contributed by atoms with Gasteiger partial charge in [-0.15, -0.1) is 24.0 Å². The summed E-state index contributed by atoms with van der Waals surface area (Å²) in [6.07, 6.45) is -4.63. The van der Waals surface area contributed by atoms with E-state index in [9.17, 15) is 17.6 Å². The highest BCUT2D eigenvalue weighted by Gasteiger charge is 2.33. The zero-order valence-electron chi connectivity index (χ0n) is 17.4. The lowest BCUT2D eigenvalue weighted by atomic mass is 10.1. The number of hydrogen-bond acceptors (Lipinski definition) is 3. The smallest absolute Gasteiger partial charge is 0.383 e. The molecule has 31 heavy (non-hydrogen) atoms. The quantitative estimate of drug-likeness (QED) is 0.137. The SMILES string of the molecule is CCNC(=NCc1ccc(NCCOC)cc1)NCc1ccc(F)cc1C(F)(F)F.I. The van der Waals surface area contributed by atoms with E-state index >= 15 is 0 Å². The van der Waals surface area contributed by atoms with Gasteiger partial charge in [0.25, 0.3) is 0 Å². The number of anilines is 1. The van der Waals surface area contributed by atoms with E-state index in [-0.39, 0.29) is 36.1 Å². The number of aliphatic imine (C=N–C) groups is 1. The molecule has 2 rings (SSSR count). The van der Waals surface area contributed by atoms with E-state index in [1.807, 2.05) is 31.2 Å². The molecule has 0 aliphatic carbocycles. The van der Waals surface area contributed by atoms with E-state index in [4.69, 9.17) is 4.74 Å². The maximum absolute atomic E-state index is 13.3. The van der Waals surface area contributed by atoms with Crippen molar-refractivity contribution in [2.75, 3.05) is 32.1 Å². The molecule has 2 aromatic rings. The monoisotopic (exact) mass is 554 g/mol. The van der Waals surface area contributed by atoms with Crippen LogP contribution in [0.25, 0.3) is 0 Å². The molecule has 2 aromatic carbocycles. The van der Waals surface area contributed by atoms with E-state index < -0.39 is 17.6 Å². The van der Waals surface area contributed by atoms with Gasteiger partial charge >= 0.3 is 6.18 Å². The number of nitrogens with zero attached hydrogens (tertiary/aromatic N) is 1. The second-order valence-electron chi connectivity index (χ2n) is 6.46. The number of halogens is 5. The standard InChI is InChI=1S/C21H26F4N4O.HI/c1-3-26-20(28-13-15-4-8-18(9-5-15)27-10-11-30-2)29-14-16-6-7-17(22)12-19(16)21(23,24)25;/h4-9,12,27H,3,10-11,13-14H2,1-2H3,(H2,26,28,29);1H. The van der Waals surface area contributed by atoms with Gasteiger partial charge in [-0.1, -0.05) is 18.2 Å². The van der Waals surface area contributed by atoms with Crippen LogP contribution in [0.2, 0.25) is 0 Å². The Kier molecular flexibility index (Phi) is 11.6. The number of ether oxygens (including phenoxy) is 1. The van der Waals surface area contributed by atoms with Crippen LogP contribution in [0.15, 0.2) is 47.5 Å². The molecule has 0 unspecified atom stereocenters. The number of methoxy groups -OCH3 is 1. The molecule has 0 bridgehead atoms. The molecule has 0 amide bonds.